The highest BCUT2D eigenvalue weighted by Gasteiger charge is 2.12. The zero-order chi connectivity index (χ0) is 20.4. The van der Waals surface area contributed by atoms with Crippen LogP contribution in [0.25, 0.3) is 0 Å². The van der Waals surface area contributed by atoms with Gasteiger partial charge < -0.3 is 29.2 Å². The Bertz CT molecular complexity index is 707. The number of methoxy groups -OCH3 is 2. The van der Waals surface area contributed by atoms with Crippen LogP contribution in [0.4, 0.5) is 0 Å². The van der Waals surface area contributed by atoms with Crippen LogP contribution in [0, 0.1) is 0 Å². The van der Waals surface area contributed by atoms with Gasteiger partial charge in [-0.05, 0) is 49.0 Å². The SMILES string of the molecule is COc1ccc(OC[C@@H](O)CN(C)Cc2ccc(OCCO)c(OC)c2)cc1. The summed E-state index contributed by atoms with van der Waals surface area (Å²) in [4.78, 5) is 2.01. The minimum Gasteiger partial charge on any atom is -0.497 e. The lowest BCUT2D eigenvalue weighted by Crippen LogP contribution is -2.32. The summed E-state index contributed by atoms with van der Waals surface area (Å²) in [6, 6.07) is 12.9. The predicted octanol–water partition coefficient (Wildman–Crippen LogP) is 1.95. The normalized spacial score (nSPS) is 11.9. The summed E-state index contributed by atoms with van der Waals surface area (Å²) in [5.41, 5.74) is 1.03. The average Bonchev–Trinajstić information content (AvgIpc) is 2.71. The fraction of sp³-hybridized carbons (Fsp3) is 0.429. The highest BCUT2D eigenvalue weighted by atomic mass is 16.5. The molecule has 2 aromatic rings. The van der Waals surface area contributed by atoms with E-state index in [1.807, 2.05) is 54.4 Å². The molecular weight excluding hydrogens is 362 g/mol. The molecule has 0 unspecified atom stereocenters. The van der Waals surface area contributed by atoms with Gasteiger partial charge >= 0.3 is 0 Å². The molecule has 154 valence electrons. The highest BCUT2D eigenvalue weighted by Crippen LogP contribution is 2.28. The first kappa shape index (κ1) is 21.8. The highest BCUT2D eigenvalue weighted by molar-refractivity contribution is 5.43. The Balaban J connectivity index is 1.82. The molecule has 2 N–H and O–H groups in total. The van der Waals surface area contributed by atoms with Crippen molar-refractivity contribution >= 4 is 0 Å². The maximum atomic E-state index is 10.2. The lowest BCUT2D eigenvalue weighted by molar-refractivity contribution is 0.0743. The predicted molar refractivity (Wildman–Crippen MR) is 106 cm³/mol. The maximum Gasteiger partial charge on any atom is 0.161 e. The molecule has 0 aliphatic rings. The number of hydrogen-bond donors (Lipinski definition) is 2. The van der Waals surface area contributed by atoms with Crippen molar-refractivity contribution in [2.75, 3.05) is 47.6 Å². The minimum absolute atomic E-state index is 0.0515. The molecule has 0 saturated heterocycles. The number of benzene rings is 2. The van der Waals surface area contributed by atoms with Crippen molar-refractivity contribution in [3.8, 4) is 23.0 Å². The lowest BCUT2D eigenvalue weighted by Gasteiger charge is -2.21. The van der Waals surface area contributed by atoms with Gasteiger partial charge in [0, 0.05) is 13.1 Å². The summed E-state index contributed by atoms with van der Waals surface area (Å²) < 4.78 is 21.5. The number of aliphatic hydroxyl groups excluding tert-OH is 2. The Kier molecular flexibility index (Phi) is 8.87. The first-order valence-corrected chi connectivity index (χ1v) is 9.09. The molecule has 28 heavy (non-hydrogen) atoms. The summed E-state index contributed by atoms with van der Waals surface area (Å²) in [7, 11) is 5.12. The molecule has 7 heteroatoms. The lowest BCUT2D eigenvalue weighted by atomic mass is 10.2. The molecule has 1 atom stereocenters. The van der Waals surface area contributed by atoms with E-state index in [0.717, 1.165) is 11.3 Å². The Morgan fingerprint density at radius 2 is 1.64 bits per heavy atom. The molecule has 0 heterocycles. The molecule has 7 nitrogen and oxygen atoms in total. The monoisotopic (exact) mass is 391 g/mol. The van der Waals surface area contributed by atoms with Gasteiger partial charge in [-0.3, -0.25) is 4.90 Å². The standard InChI is InChI=1S/C21H29NO6/c1-22(13-16-4-9-20(27-11-10-23)21(12-16)26-3)14-17(24)15-28-19-7-5-18(25-2)6-8-19/h4-9,12,17,23-24H,10-11,13-15H2,1-3H3/t17-/m0/s1. The fourth-order valence-corrected chi connectivity index (χ4v) is 2.74. The third-order valence-electron chi connectivity index (χ3n) is 4.05. The van der Waals surface area contributed by atoms with E-state index in [-0.39, 0.29) is 19.8 Å². The smallest absolute Gasteiger partial charge is 0.161 e. The van der Waals surface area contributed by atoms with Gasteiger partial charge in [0.2, 0.25) is 0 Å². The quantitative estimate of drug-likeness (QED) is 0.572. The number of aliphatic hydroxyl groups is 2. The molecule has 0 radical (unpaired) electrons. The first-order valence-electron chi connectivity index (χ1n) is 9.09. The van der Waals surface area contributed by atoms with Gasteiger partial charge in [-0.2, -0.15) is 0 Å². The molecule has 0 bridgehead atoms. The van der Waals surface area contributed by atoms with Crippen LogP contribution in [0.1, 0.15) is 5.56 Å². The van der Waals surface area contributed by atoms with Crippen molar-refractivity contribution in [2.24, 2.45) is 0 Å². The minimum atomic E-state index is -0.624. The van der Waals surface area contributed by atoms with Crippen LogP contribution in [0.15, 0.2) is 42.5 Å². The van der Waals surface area contributed by atoms with E-state index in [2.05, 4.69) is 0 Å². The topological polar surface area (TPSA) is 80.6 Å². The van der Waals surface area contributed by atoms with Crippen LogP contribution < -0.4 is 18.9 Å². The van der Waals surface area contributed by atoms with E-state index in [0.29, 0.717) is 30.3 Å². The van der Waals surface area contributed by atoms with Gasteiger partial charge in [-0.25, -0.2) is 0 Å². The van der Waals surface area contributed by atoms with Gasteiger partial charge in [0.05, 0.1) is 20.8 Å². The average molecular weight is 391 g/mol. The van der Waals surface area contributed by atoms with Crippen LogP contribution in [-0.2, 0) is 6.54 Å². The van der Waals surface area contributed by atoms with E-state index < -0.39 is 6.10 Å². The zero-order valence-electron chi connectivity index (χ0n) is 16.6. The molecule has 0 spiro atoms. The molecule has 0 saturated carbocycles. The number of nitrogens with zero attached hydrogens (tertiary/aromatic N) is 1. The second-order valence-electron chi connectivity index (χ2n) is 6.39. The second-order valence-corrected chi connectivity index (χ2v) is 6.39. The van der Waals surface area contributed by atoms with Gasteiger partial charge in [-0.15, -0.1) is 0 Å². The number of ether oxygens (including phenoxy) is 4. The van der Waals surface area contributed by atoms with E-state index >= 15 is 0 Å². The first-order chi connectivity index (χ1) is 13.5. The van der Waals surface area contributed by atoms with Crippen LogP contribution in [-0.4, -0.2) is 68.8 Å². The Morgan fingerprint density at radius 1 is 0.929 bits per heavy atom. The van der Waals surface area contributed by atoms with E-state index in [4.69, 9.17) is 24.1 Å². The molecule has 0 fully saturated rings. The zero-order valence-corrected chi connectivity index (χ0v) is 16.6. The Hall–Kier alpha value is -2.48. The summed E-state index contributed by atoms with van der Waals surface area (Å²) >= 11 is 0. The fourth-order valence-electron chi connectivity index (χ4n) is 2.74. The van der Waals surface area contributed by atoms with Gasteiger partial charge in [0.1, 0.15) is 30.8 Å². The van der Waals surface area contributed by atoms with Gasteiger partial charge in [-0.1, -0.05) is 6.07 Å². The third kappa shape index (κ3) is 6.92. The van der Waals surface area contributed by atoms with Crippen LogP contribution >= 0.6 is 0 Å². The summed E-state index contributed by atoms with van der Waals surface area (Å²) in [5.74, 6) is 2.65. The molecular formula is C21H29NO6. The van der Waals surface area contributed by atoms with Crippen molar-refractivity contribution in [2.45, 2.75) is 12.6 Å². The summed E-state index contributed by atoms with van der Waals surface area (Å²) in [6.45, 7) is 1.46. The Labute approximate surface area is 166 Å². The largest absolute Gasteiger partial charge is 0.497 e. The molecule has 0 aromatic heterocycles. The Morgan fingerprint density at radius 3 is 2.29 bits per heavy atom. The van der Waals surface area contributed by atoms with Crippen molar-refractivity contribution in [3.05, 3.63) is 48.0 Å². The van der Waals surface area contributed by atoms with Gasteiger partial charge in [0.15, 0.2) is 11.5 Å². The second kappa shape index (κ2) is 11.4. The van der Waals surface area contributed by atoms with E-state index in [9.17, 15) is 5.11 Å². The molecule has 2 aromatic carbocycles. The van der Waals surface area contributed by atoms with Crippen LogP contribution in [0.2, 0.25) is 0 Å². The van der Waals surface area contributed by atoms with Crippen LogP contribution in [0.5, 0.6) is 23.0 Å². The number of hydrogen-bond acceptors (Lipinski definition) is 7. The molecule has 0 aliphatic carbocycles. The van der Waals surface area contributed by atoms with E-state index in [1.54, 1.807) is 14.2 Å². The van der Waals surface area contributed by atoms with Crippen molar-refractivity contribution in [1.82, 2.24) is 4.90 Å². The molecule has 0 amide bonds. The number of rotatable bonds is 12. The van der Waals surface area contributed by atoms with Crippen molar-refractivity contribution < 1.29 is 29.2 Å². The van der Waals surface area contributed by atoms with Gasteiger partial charge in [0.25, 0.3) is 0 Å². The third-order valence-corrected chi connectivity index (χ3v) is 4.05. The van der Waals surface area contributed by atoms with E-state index in [1.165, 1.54) is 0 Å². The summed E-state index contributed by atoms with van der Waals surface area (Å²) in [6.07, 6.45) is -0.624. The van der Waals surface area contributed by atoms with Crippen LogP contribution in [0.3, 0.4) is 0 Å². The summed E-state index contributed by atoms with van der Waals surface area (Å²) in [5, 5.41) is 19.1. The maximum absolute atomic E-state index is 10.2. The van der Waals surface area contributed by atoms with Crippen molar-refractivity contribution in [3.63, 3.8) is 0 Å². The van der Waals surface area contributed by atoms with Crippen molar-refractivity contribution in [1.29, 1.82) is 0 Å². The molecule has 0 aliphatic heterocycles. The molecule has 2 rings (SSSR count). The number of likely N-dealkylation sites (N-methyl/N-ethyl adjacent to an activating group) is 1.